The minimum atomic E-state index is 0.181. The first-order valence-electron chi connectivity index (χ1n) is 5.85. The molecule has 4 nitrogen and oxygen atoms in total. The van der Waals surface area contributed by atoms with Crippen molar-refractivity contribution in [3.05, 3.63) is 0 Å². The average molecular weight is 249 g/mol. The third-order valence-electron chi connectivity index (χ3n) is 2.81. The molecule has 0 unspecified atom stereocenters. The molecule has 0 radical (unpaired) electrons. The number of ether oxygens (including phenoxy) is 1. The molecule has 94 valence electrons. The highest BCUT2D eigenvalue weighted by Gasteiger charge is 2.15. The zero-order chi connectivity index (χ0) is 11.8. The van der Waals surface area contributed by atoms with E-state index >= 15 is 0 Å². The van der Waals surface area contributed by atoms with Crippen LogP contribution in [-0.4, -0.2) is 67.5 Å². The SMILES string of the molecule is CC(=O)N1CCCN(CCOCCCl)CC1. The zero-order valence-electron chi connectivity index (χ0n) is 9.95. The Morgan fingerprint density at radius 3 is 2.75 bits per heavy atom. The molecule has 0 spiro atoms. The number of nitrogens with zero attached hydrogens (tertiary/aromatic N) is 2. The first-order chi connectivity index (χ1) is 7.74. The lowest BCUT2D eigenvalue weighted by atomic mass is 10.4. The normalized spacial score (nSPS) is 18.5. The van der Waals surface area contributed by atoms with Crippen LogP contribution in [0.15, 0.2) is 0 Å². The fraction of sp³-hybridized carbons (Fsp3) is 0.909. The van der Waals surface area contributed by atoms with Crippen LogP contribution in [0, 0.1) is 0 Å². The molecular weight excluding hydrogens is 228 g/mol. The van der Waals surface area contributed by atoms with Gasteiger partial charge in [0.05, 0.1) is 13.2 Å². The van der Waals surface area contributed by atoms with Crippen molar-refractivity contribution in [1.82, 2.24) is 9.80 Å². The summed E-state index contributed by atoms with van der Waals surface area (Å²) in [5.41, 5.74) is 0. The number of alkyl halides is 1. The van der Waals surface area contributed by atoms with Crippen LogP contribution in [0.25, 0.3) is 0 Å². The maximum absolute atomic E-state index is 11.2. The van der Waals surface area contributed by atoms with E-state index in [2.05, 4.69) is 4.90 Å². The molecule has 16 heavy (non-hydrogen) atoms. The van der Waals surface area contributed by atoms with E-state index in [1.807, 2.05) is 4.90 Å². The predicted molar refractivity (Wildman–Crippen MR) is 64.9 cm³/mol. The van der Waals surface area contributed by atoms with E-state index in [1.54, 1.807) is 6.92 Å². The van der Waals surface area contributed by atoms with Crippen LogP contribution in [-0.2, 0) is 9.53 Å². The first kappa shape index (κ1) is 13.7. The van der Waals surface area contributed by atoms with Gasteiger partial charge in [-0.3, -0.25) is 9.69 Å². The van der Waals surface area contributed by atoms with Crippen LogP contribution in [0.3, 0.4) is 0 Å². The fourth-order valence-electron chi connectivity index (χ4n) is 1.86. The maximum Gasteiger partial charge on any atom is 0.219 e. The minimum Gasteiger partial charge on any atom is -0.379 e. The van der Waals surface area contributed by atoms with Gasteiger partial charge in [-0.25, -0.2) is 0 Å². The smallest absolute Gasteiger partial charge is 0.219 e. The summed E-state index contributed by atoms with van der Waals surface area (Å²) < 4.78 is 5.35. The molecular formula is C11H21ClN2O2. The van der Waals surface area contributed by atoms with Crippen LogP contribution in [0.1, 0.15) is 13.3 Å². The molecule has 0 saturated carbocycles. The summed E-state index contributed by atoms with van der Waals surface area (Å²) in [5, 5.41) is 0. The lowest BCUT2D eigenvalue weighted by molar-refractivity contribution is -0.128. The van der Waals surface area contributed by atoms with Crippen LogP contribution in [0.4, 0.5) is 0 Å². The lowest BCUT2D eigenvalue weighted by Crippen LogP contribution is -2.34. The molecule has 0 aromatic carbocycles. The number of hydrogen-bond donors (Lipinski definition) is 0. The second-order valence-electron chi connectivity index (χ2n) is 4.00. The van der Waals surface area contributed by atoms with E-state index < -0.39 is 0 Å². The van der Waals surface area contributed by atoms with Crippen LogP contribution >= 0.6 is 11.6 Å². The van der Waals surface area contributed by atoms with E-state index in [0.29, 0.717) is 12.5 Å². The minimum absolute atomic E-state index is 0.181. The molecule has 1 amide bonds. The third-order valence-corrected chi connectivity index (χ3v) is 2.96. The summed E-state index contributed by atoms with van der Waals surface area (Å²) in [7, 11) is 0. The summed E-state index contributed by atoms with van der Waals surface area (Å²) in [6, 6.07) is 0. The maximum atomic E-state index is 11.2. The molecule has 1 saturated heterocycles. The molecule has 0 N–H and O–H groups in total. The highest BCUT2D eigenvalue weighted by Crippen LogP contribution is 2.03. The van der Waals surface area contributed by atoms with Gasteiger partial charge in [-0.2, -0.15) is 0 Å². The summed E-state index contributed by atoms with van der Waals surface area (Å²) >= 11 is 5.52. The molecule has 5 heteroatoms. The van der Waals surface area contributed by atoms with Gasteiger partial charge in [0.2, 0.25) is 5.91 Å². The average Bonchev–Trinajstić information content (AvgIpc) is 2.50. The van der Waals surface area contributed by atoms with Crippen molar-refractivity contribution in [2.75, 3.05) is 51.8 Å². The van der Waals surface area contributed by atoms with Crippen molar-refractivity contribution in [2.45, 2.75) is 13.3 Å². The van der Waals surface area contributed by atoms with Gasteiger partial charge < -0.3 is 9.64 Å². The number of rotatable bonds is 5. The second-order valence-corrected chi connectivity index (χ2v) is 4.38. The Hall–Kier alpha value is -0.320. The standard InChI is InChI=1S/C11H21ClN2O2/c1-11(15)14-5-2-4-13(6-7-14)8-10-16-9-3-12/h2-10H2,1H3. The van der Waals surface area contributed by atoms with Gasteiger partial charge in [-0.15, -0.1) is 11.6 Å². The molecule has 0 aromatic rings. The molecule has 0 aliphatic carbocycles. The lowest BCUT2D eigenvalue weighted by Gasteiger charge is -2.20. The topological polar surface area (TPSA) is 32.8 Å². The summed E-state index contributed by atoms with van der Waals surface area (Å²) in [6.45, 7) is 7.64. The second kappa shape index (κ2) is 7.87. The fourth-order valence-corrected chi connectivity index (χ4v) is 1.97. The molecule has 1 fully saturated rings. The molecule has 0 aromatic heterocycles. The Kier molecular flexibility index (Phi) is 6.76. The van der Waals surface area contributed by atoms with E-state index in [1.165, 1.54) is 0 Å². The highest BCUT2D eigenvalue weighted by atomic mass is 35.5. The molecule has 1 aliphatic heterocycles. The third kappa shape index (κ3) is 5.14. The highest BCUT2D eigenvalue weighted by molar-refractivity contribution is 6.17. The van der Waals surface area contributed by atoms with E-state index in [4.69, 9.17) is 16.3 Å². The van der Waals surface area contributed by atoms with Gasteiger partial charge in [0.25, 0.3) is 0 Å². The Morgan fingerprint density at radius 1 is 1.25 bits per heavy atom. The first-order valence-corrected chi connectivity index (χ1v) is 6.39. The van der Waals surface area contributed by atoms with Gasteiger partial charge in [0.15, 0.2) is 0 Å². The number of halogens is 1. The van der Waals surface area contributed by atoms with E-state index in [-0.39, 0.29) is 5.91 Å². The van der Waals surface area contributed by atoms with Gasteiger partial charge in [0, 0.05) is 39.0 Å². The molecule has 0 bridgehead atoms. The van der Waals surface area contributed by atoms with E-state index in [9.17, 15) is 4.79 Å². The van der Waals surface area contributed by atoms with Crippen LogP contribution < -0.4 is 0 Å². The van der Waals surface area contributed by atoms with Crippen molar-refractivity contribution in [3.63, 3.8) is 0 Å². The molecule has 0 atom stereocenters. The van der Waals surface area contributed by atoms with Crippen molar-refractivity contribution < 1.29 is 9.53 Å². The Morgan fingerprint density at radius 2 is 2.06 bits per heavy atom. The summed E-state index contributed by atoms with van der Waals surface area (Å²) in [5.74, 6) is 0.734. The summed E-state index contributed by atoms with van der Waals surface area (Å²) in [6.07, 6.45) is 1.05. The zero-order valence-corrected chi connectivity index (χ0v) is 10.7. The molecule has 1 aliphatic rings. The largest absolute Gasteiger partial charge is 0.379 e. The van der Waals surface area contributed by atoms with Crippen molar-refractivity contribution in [3.8, 4) is 0 Å². The number of amides is 1. The monoisotopic (exact) mass is 248 g/mol. The Labute approximate surface area is 102 Å². The quantitative estimate of drug-likeness (QED) is 0.533. The van der Waals surface area contributed by atoms with Gasteiger partial charge >= 0.3 is 0 Å². The predicted octanol–water partition coefficient (Wildman–Crippen LogP) is 0.796. The van der Waals surface area contributed by atoms with Gasteiger partial charge in [0.1, 0.15) is 0 Å². The Bertz CT molecular complexity index is 214. The number of hydrogen-bond acceptors (Lipinski definition) is 3. The van der Waals surface area contributed by atoms with Gasteiger partial charge in [-0.1, -0.05) is 0 Å². The van der Waals surface area contributed by atoms with Crippen LogP contribution in [0.5, 0.6) is 0 Å². The summed E-state index contributed by atoms with van der Waals surface area (Å²) in [4.78, 5) is 15.5. The molecule has 1 rings (SSSR count). The Balaban J connectivity index is 2.17. The van der Waals surface area contributed by atoms with E-state index in [0.717, 1.165) is 45.8 Å². The van der Waals surface area contributed by atoms with Gasteiger partial charge in [-0.05, 0) is 13.0 Å². The number of carbonyl (C=O) groups excluding carboxylic acids is 1. The van der Waals surface area contributed by atoms with Crippen LogP contribution in [0.2, 0.25) is 0 Å². The van der Waals surface area contributed by atoms with Crippen molar-refractivity contribution in [2.24, 2.45) is 0 Å². The number of carbonyl (C=O) groups is 1. The van der Waals surface area contributed by atoms with Crippen molar-refractivity contribution >= 4 is 17.5 Å². The van der Waals surface area contributed by atoms with Crippen molar-refractivity contribution in [1.29, 1.82) is 0 Å². The molecule has 1 heterocycles.